The SMILES string of the molecule is c1cc2[nH]ncc2cc1N1CCc2cnc(N3CCOCC3)nc21. The predicted octanol–water partition coefficient (Wildman–Crippen LogP) is 1.88. The lowest BCUT2D eigenvalue weighted by Crippen LogP contribution is -2.37. The summed E-state index contributed by atoms with van der Waals surface area (Å²) in [5, 5.41) is 8.21. The van der Waals surface area contributed by atoms with E-state index in [1.165, 1.54) is 5.56 Å². The van der Waals surface area contributed by atoms with Gasteiger partial charge in [0.25, 0.3) is 0 Å². The fourth-order valence-electron chi connectivity index (χ4n) is 3.40. The largest absolute Gasteiger partial charge is 0.378 e. The third-order valence-corrected chi connectivity index (χ3v) is 4.72. The number of H-pyrrole nitrogens is 1. The zero-order valence-corrected chi connectivity index (χ0v) is 13.3. The lowest BCUT2D eigenvalue weighted by atomic mass is 10.2. The Balaban J connectivity index is 1.52. The summed E-state index contributed by atoms with van der Waals surface area (Å²) in [5.41, 5.74) is 3.41. The number of rotatable bonds is 2. The highest BCUT2D eigenvalue weighted by atomic mass is 16.5. The molecule has 3 aromatic rings. The van der Waals surface area contributed by atoms with Crippen molar-refractivity contribution >= 4 is 28.4 Å². The van der Waals surface area contributed by atoms with E-state index in [9.17, 15) is 0 Å². The highest BCUT2D eigenvalue weighted by Crippen LogP contribution is 2.34. The Kier molecular flexibility index (Phi) is 3.12. The molecule has 0 saturated carbocycles. The van der Waals surface area contributed by atoms with E-state index in [4.69, 9.17) is 9.72 Å². The topological polar surface area (TPSA) is 70.2 Å². The molecule has 0 bridgehead atoms. The molecule has 0 amide bonds. The Hall–Kier alpha value is -2.67. The molecule has 0 spiro atoms. The van der Waals surface area contributed by atoms with Crippen LogP contribution in [0.25, 0.3) is 10.9 Å². The van der Waals surface area contributed by atoms with Gasteiger partial charge in [-0.25, -0.2) is 4.98 Å². The maximum atomic E-state index is 5.42. The van der Waals surface area contributed by atoms with Gasteiger partial charge in [-0.3, -0.25) is 5.10 Å². The van der Waals surface area contributed by atoms with Gasteiger partial charge in [0.1, 0.15) is 5.82 Å². The number of nitrogens with one attached hydrogen (secondary N) is 1. The smallest absolute Gasteiger partial charge is 0.227 e. The summed E-state index contributed by atoms with van der Waals surface area (Å²) >= 11 is 0. The van der Waals surface area contributed by atoms with Gasteiger partial charge in [0, 0.05) is 42.5 Å². The first kappa shape index (κ1) is 13.7. The molecule has 2 aliphatic heterocycles. The van der Waals surface area contributed by atoms with Gasteiger partial charge in [-0.15, -0.1) is 0 Å². The molecule has 1 saturated heterocycles. The second-order valence-electron chi connectivity index (χ2n) is 6.16. The molecule has 24 heavy (non-hydrogen) atoms. The molecular weight excluding hydrogens is 304 g/mol. The summed E-state index contributed by atoms with van der Waals surface area (Å²) in [6, 6.07) is 6.34. The highest BCUT2D eigenvalue weighted by Gasteiger charge is 2.25. The van der Waals surface area contributed by atoms with E-state index in [0.717, 1.165) is 67.6 Å². The van der Waals surface area contributed by atoms with E-state index in [-0.39, 0.29) is 0 Å². The predicted molar refractivity (Wildman–Crippen MR) is 91.9 cm³/mol. The number of morpholine rings is 1. The highest BCUT2D eigenvalue weighted by molar-refractivity contribution is 5.83. The van der Waals surface area contributed by atoms with Crippen LogP contribution in [0.1, 0.15) is 5.56 Å². The third-order valence-electron chi connectivity index (χ3n) is 4.72. The summed E-state index contributed by atoms with van der Waals surface area (Å²) in [5.74, 6) is 1.82. The van der Waals surface area contributed by atoms with Gasteiger partial charge >= 0.3 is 0 Å². The summed E-state index contributed by atoms with van der Waals surface area (Å²) in [6.45, 7) is 4.10. The van der Waals surface area contributed by atoms with Gasteiger partial charge in [-0.2, -0.15) is 10.1 Å². The second-order valence-corrected chi connectivity index (χ2v) is 6.16. The second kappa shape index (κ2) is 5.45. The average molecular weight is 322 g/mol. The Morgan fingerprint density at radius 2 is 2.00 bits per heavy atom. The van der Waals surface area contributed by atoms with Crippen molar-refractivity contribution in [3.8, 4) is 0 Å². The van der Waals surface area contributed by atoms with Gasteiger partial charge in [-0.1, -0.05) is 0 Å². The van der Waals surface area contributed by atoms with Gasteiger partial charge in [0.15, 0.2) is 0 Å². The molecule has 5 rings (SSSR count). The molecule has 7 nitrogen and oxygen atoms in total. The third kappa shape index (κ3) is 2.20. The number of aromatic amines is 1. The van der Waals surface area contributed by atoms with Crippen LogP contribution in [-0.4, -0.2) is 53.0 Å². The first-order valence-electron chi connectivity index (χ1n) is 8.28. The van der Waals surface area contributed by atoms with E-state index in [2.05, 4.69) is 43.2 Å². The van der Waals surface area contributed by atoms with Crippen LogP contribution in [-0.2, 0) is 11.2 Å². The first-order valence-corrected chi connectivity index (χ1v) is 8.28. The Bertz CT molecular complexity index is 886. The van der Waals surface area contributed by atoms with E-state index >= 15 is 0 Å². The van der Waals surface area contributed by atoms with Crippen LogP contribution in [0.5, 0.6) is 0 Å². The van der Waals surface area contributed by atoms with Crippen LogP contribution in [0, 0.1) is 0 Å². The lowest BCUT2D eigenvalue weighted by Gasteiger charge is -2.27. The molecule has 1 N–H and O–H groups in total. The monoisotopic (exact) mass is 322 g/mol. The number of hydrogen-bond acceptors (Lipinski definition) is 6. The molecule has 1 aromatic carbocycles. The van der Waals surface area contributed by atoms with Crippen LogP contribution in [0.15, 0.2) is 30.6 Å². The fourth-order valence-corrected chi connectivity index (χ4v) is 3.40. The van der Waals surface area contributed by atoms with E-state index in [1.54, 1.807) is 0 Å². The molecule has 2 aromatic heterocycles. The van der Waals surface area contributed by atoms with Crippen LogP contribution in [0.2, 0.25) is 0 Å². The molecule has 0 aliphatic carbocycles. The van der Waals surface area contributed by atoms with Crippen molar-refractivity contribution < 1.29 is 4.74 Å². The minimum absolute atomic E-state index is 0.737. The number of hydrogen-bond donors (Lipinski definition) is 1. The van der Waals surface area contributed by atoms with Gasteiger partial charge in [0.2, 0.25) is 5.95 Å². The number of benzene rings is 1. The maximum Gasteiger partial charge on any atom is 0.227 e. The summed E-state index contributed by atoms with van der Waals surface area (Å²) in [7, 11) is 0. The Morgan fingerprint density at radius 1 is 1.08 bits per heavy atom. The Labute approximate surface area is 139 Å². The van der Waals surface area contributed by atoms with Crippen molar-refractivity contribution in [3.05, 3.63) is 36.2 Å². The number of nitrogens with zero attached hydrogens (tertiary/aromatic N) is 5. The van der Waals surface area contributed by atoms with E-state index in [0.29, 0.717) is 0 Å². The zero-order chi connectivity index (χ0) is 15.9. The molecule has 122 valence electrons. The fraction of sp³-hybridized carbons (Fsp3) is 0.353. The van der Waals surface area contributed by atoms with Crippen molar-refractivity contribution in [1.82, 2.24) is 20.2 Å². The number of fused-ring (bicyclic) bond motifs is 2. The molecule has 0 radical (unpaired) electrons. The number of anilines is 3. The maximum absolute atomic E-state index is 5.42. The van der Waals surface area contributed by atoms with Gasteiger partial charge in [-0.05, 0) is 24.6 Å². The van der Waals surface area contributed by atoms with Crippen LogP contribution >= 0.6 is 0 Å². The number of aromatic nitrogens is 4. The standard InChI is InChI=1S/C17H18N6O/c1-2-15-13(11-19-21-15)9-14(1)23-4-3-12-10-18-17(20-16(12)23)22-5-7-24-8-6-22/h1-2,9-11H,3-8H2,(H,19,21). The minimum Gasteiger partial charge on any atom is -0.378 e. The van der Waals surface area contributed by atoms with Crippen LogP contribution < -0.4 is 9.80 Å². The summed E-state index contributed by atoms with van der Waals surface area (Å²) < 4.78 is 5.42. The lowest BCUT2D eigenvalue weighted by molar-refractivity contribution is 0.122. The minimum atomic E-state index is 0.737. The number of ether oxygens (including phenoxy) is 1. The van der Waals surface area contributed by atoms with E-state index < -0.39 is 0 Å². The van der Waals surface area contributed by atoms with Crippen molar-refractivity contribution in [1.29, 1.82) is 0 Å². The molecule has 7 heteroatoms. The average Bonchev–Trinajstić information content (AvgIpc) is 3.27. The van der Waals surface area contributed by atoms with E-state index in [1.807, 2.05) is 12.4 Å². The first-order chi connectivity index (χ1) is 11.9. The van der Waals surface area contributed by atoms with Crippen LogP contribution in [0.3, 0.4) is 0 Å². The summed E-state index contributed by atoms with van der Waals surface area (Å²) in [4.78, 5) is 13.9. The van der Waals surface area contributed by atoms with Crippen molar-refractivity contribution in [2.24, 2.45) is 0 Å². The van der Waals surface area contributed by atoms with Gasteiger partial charge in [0.05, 0.1) is 24.9 Å². The normalized spacial score (nSPS) is 17.5. The molecule has 2 aliphatic rings. The quantitative estimate of drug-likeness (QED) is 0.777. The molecular formula is C17H18N6O. The van der Waals surface area contributed by atoms with Crippen molar-refractivity contribution in [2.75, 3.05) is 42.6 Å². The molecule has 0 atom stereocenters. The van der Waals surface area contributed by atoms with Crippen LogP contribution in [0.4, 0.5) is 17.5 Å². The summed E-state index contributed by atoms with van der Waals surface area (Å²) in [6.07, 6.45) is 4.81. The van der Waals surface area contributed by atoms with Crippen molar-refractivity contribution in [2.45, 2.75) is 6.42 Å². The van der Waals surface area contributed by atoms with Crippen molar-refractivity contribution in [3.63, 3.8) is 0 Å². The molecule has 0 unspecified atom stereocenters. The molecule has 4 heterocycles. The Morgan fingerprint density at radius 3 is 2.92 bits per heavy atom. The zero-order valence-electron chi connectivity index (χ0n) is 13.3. The molecule has 1 fully saturated rings. The van der Waals surface area contributed by atoms with Gasteiger partial charge < -0.3 is 14.5 Å².